The van der Waals surface area contributed by atoms with Crippen LogP contribution in [0.5, 0.6) is 0 Å². The molecule has 0 saturated carbocycles. The maximum Gasteiger partial charge on any atom is 0.266 e. The monoisotopic (exact) mass is 361 g/mol. The van der Waals surface area contributed by atoms with Crippen molar-refractivity contribution in [2.45, 2.75) is 0 Å². The Bertz CT molecular complexity index is 825. The first-order chi connectivity index (χ1) is 11.1. The van der Waals surface area contributed by atoms with E-state index in [1.165, 1.54) is 34.1 Å². The fourth-order valence-electron chi connectivity index (χ4n) is 2.15. The van der Waals surface area contributed by atoms with Crippen molar-refractivity contribution in [2.24, 2.45) is 0 Å². The molecule has 1 amide bonds. The number of rotatable bonds is 4. The van der Waals surface area contributed by atoms with Gasteiger partial charge in [-0.2, -0.15) is 0 Å². The van der Waals surface area contributed by atoms with Crippen LogP contribution >= 0.6 is 35.3 Å². The summed E-state index contributed by atoms with van der Waals surface area (Å²) in [6.45, 7) is 4.04. The Labute approximate surface area is 147 Å². The summed E-state index contributed by atoms with van der Waals surface area (Å²) in [4.78, 5) is 16.1. The summed E-state index contributed by atoms with van der Waals surface area (Å²) in [6.07, 6.45) is 3.45. The van der Waals surface area contributed by atoms with Gasteiger partial charge in [0, 0.05) is 21.9 Å². The summed E-state index contributed by atoms with van der Waals surface area (Å²) in [5.41, 5.74) is 0.566. The molecule has 0 bridgehead atoms. The van der Waals surface area contributed by atoms with E-state index in [0.717, 1.165) is 9.75 Å². The van der Waals surface area contributed by atoms with Crippen molar-refractivity contribution in [1.82, 2.24) is 4.90 Å². The number of thiophene rings is 1. The van der Waals surface area contributed by atoms with Crippen LogP contribution < -0.4 is 0 Å². The molecule has 23 heavy (non-hydrogen) atoms. The molecule has 0 atom stereocenters. The van der Waals surface area contributed by atoms with Crippen LogP contribution in [0.4, 0.5) is 4.39 Å². The van der Waals surface area contributed by atoms with Crippen molar-refractivity contribution < 1.29 is 9.18 Å². The van der Waals surface area contributed by atoms with Gasteiger partial charge in [0.25, 0.3) is 5.91 Å². The predicted octanol–water partition coefficient (Wildman–Crippen LogP) is 4.94. The average molecular weight is 361 g/mol. The van der Waals surface area contributed by atoms with E-state index in [4.69, 9.17) is 12.2 Å². The Morgan fingerprint density at radius 1 is 1.26 bits per heavy atom. The van der Waals surface area contributed by atoms with Gasteiger partial charge in [0.15, 0.2) is 0 Å². The van der Waals surface area contributed by atoms with Crippen molar-refractivity contribution in [2.75, 3.05) is 6.54 Å². The second kappa shape index (κ2) is 6.78. The Morgan fingerprint density at radius 2 is 2.04 bits per heavy atom. The maximum atomic E-state index is 13.8. The molecule has 0 radical (unpaired) electrons. The molecular formula is C17H12FNOS3. The van der Waals surface area contributed by atoms with Gasteiger partial charge in [0.2, 0.25) is 0 Å². The van der Waals surface area contributed by atoms with Crippen LogP contribution in [0.2, 0.25) is 0 Å². The number of nitrogens with zero attached hydrogens (tertiary/aromatic N) is 1. The summed E-state index contributed by atoms with van der Waals surface area (Å²) in [6, 6.07) is 10.4. The van der Waals surface area contributed by atoms with Gasteiger partial charge in [-0.05, 0) is 24.3 Å². The quantitative estimate of drug-likeness (QED) is 0.437. The number of thioether (sulfide) groups is 1. The highest BCUT2D eigenvalue weighted by molar-refractivity contribution is 8.26. The first-order valence-corrected chi connectivity index (χ1v) is 8.85. The molecule has 2 nitrogen and oxygen atoms in total. The van der Waals surface area contributed by atoms with E-state index < -0.39 is 0 Å². The first kappa shape index (κ1) is 16.1. The largest absolute Gasteiger partial charge is 0.289 e. The Balaban J connectivity index is 1.87. The summed E-state index contributed by atoms with van der Waals surface area (Å²) >= 11 is 7.93. The zero-order valence-electron chi connectivity index (χ0n) is 12.0. The molecule has 116 valence electrons. The number of benzene rings is 1. The van der Waals surface area contributed by atoms with E-state index in [0.29, 0.717) is 21.3 Å². The zero-order chi connectivity index (χ0) is 16.4. The van der Waals surface area contributed by atoms with Crippen molar-refractivity contribution in [3.05, 3.63) is 64.7 Å². The molecule has 1 aromatic heterocycles. The van der Waals surface area contributed by atoms with Crippen molar-refractivity contribution in [3.8, 4) is 10.4 Å². The molecule has 0 unspecified atom stereocenters. The fraction of sp³-hybridized carbons (Fsp3) is 0.0588. The Morgan fingerprint density at radius 3 is 2.78 bits per heavy atom. The SMILES string of the molecule is C=CCN1C(=O)/C(=C/c2ccc(-c3ccccc3F)s2)SC1=S. The number of thiocarbonyl (C=S) groups is 1. The lowest BCUT2D eigenvalue weighted by molar-refractivity contribution is -0.121. The van der Waals surface area contributed by atoms with Gasteiger partial charge in [0.05, 0.1) is 4.91 Å². The molecule has 1 aliphatic heterocycles. The Hall–Kier alpha value is -1.76. The topological polar surface area (TPSA) is 20.3 Å². The van der Waals surface area contributed by atoms with Crippen LogP contribution in [0.3, 0.4) is 0 Å². The van der Waals surface area contributed by atoms with E-state index in [9.17, 15) is 9.18 Å². The summed E-state index contributed by atoms with van der Waals surface area (Å²) < 4.78 is 14.4. The molecule has 1 saturated heterocycles. The predicted molar refractivity (Wildman–Crippen MR) is 99.8 cm³/mol. The minimum absolute atomic E-state index is 0.110. The highest BCUT2D eigenvalue weighted by atomic mass is 32.2. The molecule has 2 heterocycles. The number of carbonyl (C=O) groups excluding carboxylic acids is 1. The van der Waals surface area contributed by atoms with Gasteiger partial charge in [-0.3, -0.25) is 9.69 Å². The normalized spacial score (nSPS) is 16.4. The van der Waals surface area contributed by atoms with E-state index in [1.54, 1.807) is 30.4 Å². The summed E-state index contributed by atoms with van der Waals surface area (Å²) in [5.74, 6) is -0.362. The lowest BCUT2D eigenvalue weighted by Crippen LogP contribution is -2.27. The third kappa shape index (κ3) is 3.29. The molecule has 1 aromatic carbocycles. The third-order valence-electron chi connectivity index (χ3n) is 3.22. The molecule has 0 aliphatic carbocycles. The Kier molecular flexibility index (Phi) is 4.75. The summed E-state index contributed by atoms with van der Waals surface area (Å²) in [7, 11) is 0. The molecule has 0 spiro atoms. The first-order valence-electron chi connectivity index (χ1n) is 6.81. The van der Waals surface area contributed by atoms with E-state index in [2.05, 4.69) is 6.58 Å². The lowest BCUT2D eigenvalue weighted by atomic mass is 10.2. The lowest BCUT2D eigenvalue weighted by Gasteiger charge is -2.10. The van der Waals surface area contributed by atoms with Crippen LogP contribution in [0, 0.1) is 5.82 Å². The minimum atomic E-state index is -0.252. The van der Waals surface area contributed by atoms with E-state index in [1.807, 2.05) is 12.1 Å². The van der Waals surface area contributed by atoms with Gasteiger partial charge in [-0.25, -0.2) is 4.39 Å². The van der Waals surface area contributed by atoms with Gasteiger partial charge < -0.3 is 0 Å². The molecular weight excluding hydrogens is 349 g/mol. The zero-order valence-corrected chi connectivity index (χ0v) is 14.4. The van der Waals surface area contributed by atoms with Crippen LogP contribution in [-0.4, -0.2) is 21.7 Å². The second-order valence-electron chi connectivity index (χ2n) is 4.76. The van der Waals surface area contributed by atoms with Crippen molar-refractivity contribution in [3.63, 3.8) is 0 Å². The highest BCUT2D eigenvalue weighted by Gasteiger charge is 2.31. The van der Waals surface area contributed by atoms with E-state index in [-0.39, 0.29) is 11.7 Å². The van der Waals surface area contributed by atoms with Crippen LogP contribution in [-0.2, 0) is 4.79 Å². The smallest absolute Gasteiger partial charge is 0.266 e. The maximum absolute atomic E-state index is 13.8. The van der Waals surface area contributed by atoms with Gasteiger partial charge in [-0.1, -0.05) is 48.3 Å². The number of amides is 1. The van der Waals surface area contributed by atoms with Gasteiger partial charge in [-0.15, -0.1) is 17.9 Å². The van der Waals surface area contributed by atoms with Gasteiger partial charge >= 0.3 is 0 Å². The number of hydrogen-bond acceptors (Lipinski definition) is 4. The minimum Gasteiger partial charge on any atom is -0.289 e. The van der Waals surface area contributed by atoms with Crippen LogP contribution in [0.25, 0.3) is 16.5 Å². The van der Waals surface area contributed by atoms with Gasteiger partial charge in [0.1, 0.15) is 10.1 Å². The molecule has 3 rings (SSSR count). The van der Waals surface area contributed by atoms with E-state index >= 15 is 0 Å². The summed E-state index contributed by atoms with van der Waals surface area (Å²) in [5, 5.41) is 0. The molecule has 1 aliphatic rings. The molecule has 0 N–H and O–H groups in total. The number of carbonyl (C=O) groups is 1. The third-order valence-corrected chi connectivity index (χ3v) is 5.67. The number of halogens is 1. The molecule has 2 aromatic rings. The fourth-order valence-corrected chi connectivity index (χ4v) is 4.47. The van der Waals surface area contributed by atoms with Crippen molar-refractivity contribution >= 4 is 51.6 Å². The molecule has 1 fully saturated rings. The standard InChI is InChI=1S/C17H12FNOS3/c1-2-9-19-16(20)15(23-17(19)21)10-11-7-8-14(22-11)12-5-3-4-6-13(12)18/h2-8,10H,1,9H2/b15-10-. The average Bonchev–Trinajstić information content (AvgIpc) is 3.09. The second-order valence-corrected chi connectivity index (χ2v) is 7.55. The number of hydrogen-bond donors (Lipinski definition) is 0. The highest BCUT2D eigenvalue weighted by Crippen LogP contribution is 2.36. The van der Waals surface area contributed by atoms with Crippen LogP contribution in [0.1, 0.15) is 4.88 Å². The van der Waals surface area contributed by atoms with Crippen molar-refractivity contribution in [1.29, 1.82) is 0 Å². The van der Waals surface area contributed by atoms with Crippen LogP contribution in [0.15, 0.2) is 54.0 Å². The molecule has 6 heteroatoms.